The lowest BCUT2D eigenvalue weighted by atomic mass is 9.91. The molecule has 4 rings (SSSR count). The van der Waals surface area contributed by atoms with Crippen LogP contribution in [-0.4, -0.2) is 16.9 Å². The minimum Gasteiger partial charge on any atom is -0.377 e. The molecule has 0 aliphatic heterocycles. The summed E-state index contributed by atoms with van der Waals surface area (Å²) in [6.07, 6.45) is 2.21. The van der Waals surface area contributed by atoms with Crippen LogP contribution in [0.25, 0.3) is 10.9 Å². The van der Waals surface area contributed by atoms with Crippen LogP contribution in [0.1, 0.15) is 25.7 Å². The molecule has 0 saturated heterocycles. The molecule has 0 amide bonds. The first kappa shape index (κ1) is 15.8. The van der Waals surface area contributed by atoms with Crippen LogP contribution in [0.15, 0.2) is 40.1 Å². The molecule has 5 nitrogen and oxygen atoms in total. The molecule has 3 N–H and O–H groups in total. The zero-order valence-electron chi connectivity index (χ0n) is 13.4. The number of para-hydroxylation sites is 1. The van der Waals surface area contributed by atoms with Crippen LogP contribution in [-0.2, 0) is 0 Å². The second kappa shape index (κ2) is 5.68. The average molecular weight is 345 g/mol. The Morgan fingerprint density at radius 3 is 2.68 bits per heavy atom. The molecule has 1 aromatic heterocycles. The summed E-state index contributed by atoms with van der Waals surface area (Å²) in [5.41, 5.74) is 0.526. The highest BCUT2D eigenvalue weighted by Crippen LogP contribution is 2.35. The van der Waals surface area contributed by atoms with Gasteiger partial charge in [-0.2, -0.15) is 0 Å². The summed E-state index contributed by atoms with van der Waals surface area (Å²) in [6.45, 7) is 0. The lowest BCUT2D eigenvalue weighted by molar-refractivity contribution is -0.0373. The zero-order chi connectivity index (χ0) is 17.6. The van der Waals surface area contributed by atoms with Gasteiger partial charge in [-0.05, 0) is 18.9 Å². The van der Waals surface area contributed by atoms with Crippen LogP contribution >= 0.6 is 0 Å². The van der Waals surface area contributed by atoms with Crippen molar-refractivity contribution < 1.29 is 8.78 Å². The highest BCUT2D eigenvalue weighted by atomic mass is 19.3. The second-order valence-corrected chi connectivity index (χ2v) is 6.57. The Balaban J connectivity index is 1.59. The van der Waals surface area contributed by atoms with E-state index >= 15 is 0 Å². The molecule has 1 fully saturated rings. The molecule has 130 valence electrons. The van der Waals surface area contributed by atoms with Crippen LogP contribution in [0.5, 0.6) is 0 Å². The highest BCUT2D eigenvalue weighted by molar-refractivity contribution is 5.95. The van der Waals surface area contributed by atoms with Gasteiger partial charge >= 0.3 is 0 Å². The van der Waals surface area contributed by atoms with Gasteiger partial charge in [0.1, 0.15) is 11.4 Å². The summed E-state index contributed by atoms with van der Waals surface area (Å²) in [4.78, 5) is 26.9. The number of benzene rings is 1. The average Bonchev–Trinajstić information content (AvgIpc) is 3.00. The Morgan fingerprint density at radius 1 is 1.12 bits per heavy atom. The van der Waals surface area contributed by atoms with Crippen molar-refractivity contribution in [2.45, 2.75) is 37.6 Å². The number of alkyl halides is 2. The zero-order valence-corrected chi connectivity index (χ0v) is 13.4. The van der Waals surface area contributed by atoms with E-state index in [9.17, 15) is 18.4 Å². The fourth-order valence-corrected chi connectivity index (χ4v) is 3.46. The second-order valence-electron chi connectivity index (χ2n) is 6.57. The summed E-state index contributed by atoms with van der Waals surface area (Å²) in [5, 5.41) is 6.71. The topological polar surface area (TPSA) is 74.0 Å². The number of nitrogens with one attached hydrogen (secondary N) is 3. The van der Waals surface area contributed by atoms with E-state index in [4.69, 9.17) is 0 Å². The lowest BCUT2D eigenvalue weighted by Gasteiger charge is -2.30. The summed E-state index contributed by atoms with van der Waals surface area (Å²) in [6, 6.07) is 7.03. The third-order valence-electron chi connectivity index (χ3n) is 4.75. The van der Waals surface area contributed by atoms with Gasteiger partial charge in [0.15, 0.2) is 0 Å². The van der Waals surface area contributed by atoms with Crippen molar-refractivity contribution in [2.24, 2.45) is 0 Å². The third kappa shape index (κ3) is 2.79. The molecule has 25 heavy (non-hydrogen) atoms. The molecular weight excluding hydrogens is 328 g/mol. The molecule has 2 aromatic carbocycles. The van der Waals surface area contributed by atoms with Gasteiger partial charge in [0.25, 0.3) is 10.9 Å². The molecule has 0 bridgehead atoms. The Morgan fingerprint density at radius 2 is 1.88 bits per heavy atom. The number of hydrogen-bond acceptors (Lipinski definition) is 4. The number of aromatic amines is 1. The largest absolute Gasteiger partial charge is 0.377 e. The first-order valence-corrected chi connectivity index (χ1v) is 8.25. The van der Waals surface area contributed by atoms with Crippen molar-refractivity contribution in [3.8, 4) is 0 Å². The van der Waals surface area contributed by atoms with Gasteiger partial charge < -0.3 is 15.6 Å². The van der Waals surface area contributed by atoms with E-state index in [1.807, 2.05) is 24.3 Å². The molecule has 1 aliphatic carbocycles. The van der Waals surface area contributed by atoms with Gasteiger partial charge in [0.2, 0.25) is 5.92 Å². The van der Waals surface area contributed by atoms with Gasteiger partial charge in [-0.3, -0.25) is 9.59 Å². The molecular formula is C18H17F2N3O2. The van der Waals surface area contributed by atoms with Crippen LogP contribution < -0.4 is 21.5 Å². The van der Waals surface area contributed by atoms with Gasteiger partial charge in [-0.1, -0.05) is 18.2 Å². The minimum absolute atomic E-state index is 0.109. The maximum absolute atomic E-state index is 13.5. The Labute approximate surface area is 141 Å². The van der Waals surface area contributed by atoms with E-state index in [-0.39, 0.29) is 24.2 Å². The maximum Gasteiger partial charge on any atom is 0.253 e. The van der Waals surface area contributed by atoms with E-state index in [0.717, 1.165) is 10.9 Å². The fourth-order valence-electron chi connectivity index (χ4n) is 3.46. The van der Waals surface area contributed by atoms with Crippen molar-refractivity contribution in [2.75, 3.05) is 10.6 Å². The molecule has 1 atom stereocenters. The minimum atomic E-state index is -2.72. The molecule has 0 spiro atoms. The van der Waals surface area contributed by atoms with Crippen molar-refractivity contribution in [3.05, 3.63) is 50.9 Å². The fraction of sp³-hybridized carbons (Fsp3) is 0.333. The van der Waals surface area contributed by atoms with Crippen LogP contribution in [0.2, 0.25) is 0 Å². The highest BCUT2D eigenvalue weighted by Gasteiger charge is 2.37. The van der Waals surface area contributed by atoms with Gasteiger partial charge in [-0.25, -0.2) is 8.78 Å². The van der Waals surface area contributed by atoms with Crippen LogP contribution in [0.4, 0.5) is 25.8 Å². The third-order valence-corrected chi connectivity index (χ3v) is 4.75. The Hall–Kier alpha value is -2.70. The Kier molecular flexibility index (Phi) is 3.59. The molecule has 3 aromatic rings. The van der Waals surface area contributed by atoms with Crippen molar-refractivity contribution in [1.82, 2.24) is 4.98 Å². The van der Waals surface area contributed by atoms with E-state index < -0.39 is 22.8 Å². The number of halogens is 2. The Bertz CT molecular complexity index is 1000. The smallest absolute Gasteiger partial charge is 0.253 e. The predicted octanol–water partition coefficient (Wildman–Crippen LogP) is 3.50. The predicted molar refractivity (Wildman–Crippen MR) is 93.8 cm³/mol. The quantitative estimate of drug-likeness (QED) is 0.633. The molecule has 1 saturated carbocycles. The van der Waals surface area contributed by atoms with Gasteiger partial charge in [0, 0.05) is 36.0 Å². The maximum atomic E-state index is 13.5. The van der Waals surface area contributed by atoms with Crippen LogP contribution in [0, 0.1) is 0 Å². The SMILES string of the molecule is O=c1c(Nc2c[nH]c3ccccc23)c(N[C@H]2CCCC(F)(F)C2)c1=O. The summed E-state index contributed by atoms with van der Waals surface area (Å²) in [7, 11) is 0. The number of aromatic nitrogens is 1. The summed E-state index contributed by atoms with van der Waals surface area (Å²) >= 11 is 0. The number of hydrogen-bond donors (Lipinski definition) is 3. The van der Waals surface area contributed by atoms with E-state index in [1.54, 1.807) is 6.20 Å². The number of fused-ring (bicyclic) bond motifs is 1. The van der Waals surface area contributed by atoms with E-state index in [2.05, 4.69) is 15.6 Å². The van der Waals surface area contributed by atoms with Crippen LogP contribution in [0.3, 0.4) is 0 Å². The first-order valence-electron chi connectivity index (χ1n) is 8.25. The standard InChI is InChI=1S/C18H17F2N3O2/c19-18(20)7-3-4-10(8-18)22-14-15(17(25)16(14)24)23-13-9-21-12-6-2-1-5-11(12)13/h1-2,5-6,9-10,21-23H,3-4,7-8H2/t10-/m0/s1. The van der Waals surface area contributed by atoms with Crippen molar-refractivity contribution in [1.29, 1.82) is 0 Å². The molecule has 1 aliphatic rings. The molecule has 1 heterocycles. The van der Waals surface area contributed by atoms with Crippen molar-refractivity contribution in [3.63, 3.8) is 0 Å². The first-order chi connectivity index (χ1) is 11.9. The van der Waals surface area contributed by atoms with Crippen molar-refractivity contribution >= 4 is 28.0 Å². The van der Waals surface area contributed by atoms with Gasteiger partial charge in [-0.15, -0.1) is 0 Å². The lowest BCUT2D eigenvalue weighted by Crippen LogP contribution is -2.41. The normalized spacial score (nSPS) is 20.0. The van der Waals surface area contributed by atoms with Gasteiger partial charge in [0.05, 0.1) is 5.69 Å². The number of anilines is 3. The number of rotatable bonds is 4. The molecule has 7 heteroatoms. The van der Waals surface area contributed by atoms with E-state index in [1.165, 1.54) is 0 Å². The monoisotopic (exact) mass is 345 g/mol. The summed E-state index contributed by atoms with van der Waals surface area (Å²) < 4.78 is 27.1. The number of H-pyrrole nitrogens is 1. The summed E-state index contributed by atoms with van der Waals surface area (Å²) in [5.74, 6) is -2.72. The molecule has 0 unspecified atom stereocenters. The van der Waals surface area contributed by atoms with E-state index in [0.29, 0.717) is 18.5 Å². The molecule has 0 radical (unpaired) electrons.